The minimum absolute atomic E-state index is 0.364. The molecular formula is C14H27NO. The molecule has 0 spiro atoms. The molecule has 0 aromatic rings. The van der Waals surface area contributed by atoms with E-state index in [2.05, 4.69) is 25.7 Å². The summed E-state index contributed by atoms with van der Waals surface area (Å²) in [6.07, 6.45) is 2.88. The first-order valence-electron chi connectivity index (χ1n) is 6.28. The van der Waals surface area contributed by atoms with Gasteiger partial charge in [0.2, 0.25) is 0 Å². The lowest BCUT2D eigenvalue weighted by Gasteiger charge is -2.18. The van der Waals surface area contributed by atoms with Gasteiger partial charge in [0.15, 0.2) is 0 Å². The fraction of sp³-hybridized carbons (Fsp3) is 0.714. The Morgan fingerprint density at radius 2 is 1.94 bits per heavy atom. The van der Waals surface area contributed by atoms with Crippen LogP contribution in [0.2, 0.25) is 0 Å². The second kappa shape index (κ2) is 12.1. The highest BCUT2D eigenvalue weighted by Crippen LogP contribution is 2.18. The number of hydrogen-bond donors (Lipinski definition) is 1. The zero-order chi connectivity index (χ0) is 13.0. The molecule has 0 amide bonds. The van der Waals surface area contributed by atoms with Crippen LogP contribution in [0.25, 0.3) is 0 Å². The smallest absolute Gasteiger partial charge is 0.123 e. The summed E-state index contributed by atoms with van der Waals surface area (Å²) in [7, 11) is 0. The second-order valence-electron chi connectivity index (χ2n) is 3.64. The fourth-order valence-electron chi connectivity index (χ4n) is 1.36. The van der Waals surface area contributed by atoms with Crippen LogP contribution in [-0.4, -0.2) is 12.5 Å². The number of rotatable bonds is 7. The minimum Gasteiger partial charge on any atom is -0.389 e. The van der Waals surface area contributed by atoms with E-state index in [0.29, 0.717) is 5.92 Å². The van der Waals surface area contributed by atoms with Gasteiger partial charge in [0.1, 0.15) is 5.94 Å². The summed E-state index contributed by atoms with van der Waals surface area (Å²) in [5, 5.41) is 3.28. The van der Waals surface area contributed by atoms with Crippen molar-refractivity contribution in [1.29, 1.82) is 0 Å². The van der Waals surface area contributed by atoms with Crippen LogP contribution in [0.1, 0.15) is 53.9 Å². The third-order valence-corrected chi connectivity index (χ3v) is 2.31. The van der Waals surface area contributed by atoms with Crippen LogP contribution in [0.5, 0.6) is 0 Å². The molecule has 0 aliphatic carbocycles. The maximum absolute atomic E-state index is 10.4. The Morgan fingerprint density at radius 3 is 2.31 bits per heavy atom. The zero-order valence-corrected chi connectivity index (χ0v) is 11.5. The molecule has 1 N–H and O–H groups in total. The van der Waals surface area contributed by atoms with Crippen molar-refractivity contribution >= 4 is 5.94 Å². The van der Waals surface area contributed by atoms with E-state index < -0.39 is 0 Å². The molecule has 0 heterocycles. The van der Waals surface area contributed by atoms with Crippen molar-refractivity contribution in [3.05, 3.63) is 17.8 Å². The molecule has 94 valence electrons. The van der Waals surface area contributed by atoms with Gasteiger partial charge in [-0.3, -0.25) is 0 Å². The summed E-state index contributed by atoms with van der Waals surface area (Å²) in [6, 6.07) is 0. The molecule has 0 aromatic heterocycles. The molecule has 1 atom stereocenters. The summed E-state index contributed by atoms with van der Waals surface area (Å²) < 4.78 is 0. The fourth-order valence-corrected chi connectivity index (χ4v) is 1.36. The maximum atomic E-state index is 10.4. The largest absolute Gasteiger partial charge is 0.389 e. The van der Waals surface area contributed by atoms with Crippen LogP contribution < -0.4 is 5.32 Å². The third-order valence-electron chi connectivity index (χ3n) is 2.31. The molecule has 2 nitrogen and oxygen atoms in total. The van der Waals surface area contributed by atoms with E-state index in [4.69, 9.17) is 0 Å². The van der Waals surface area contributed by atoms with Crippen molar-refractivity contribution < 1.29 is 4.79 Å². The number of nitrogens with one attached hydrogen (secondary N) is 1. The first-order valence-corrected chi connectivity index (χ1v) is 6.28. The molecule has 0 aliphatic heterocycles. The normalized spacial score (nSPS) is 10.6. The minimum atomic E-state index is 0.364. The van der Waals surface area contributed by atoms with Crippen molar-refractivity contribution in [2.24, 2.45) is 5.92 Å². The molecular weight excluding hydrogens is 198 g/mol. The predicted molar refractivity (Wildman–Crippen MR) is 72.1 cm³/mol. The summed E-state index contributed by atoms with van der Waals surface area (Å²) in [5.74, 6) is 2.30. The average Bonchev–Trinajstić information content (AvgIpc) is 2.34. The van der Waals surface area contributed by atoms with Crippen LogP contribution >= 0.6 is 0 Å². The number of hydrogen-bond acceptors (Lipinski definition) is 2. The Labute approximate surface area is 101 Å². The van der Waals surface area contributed by atoms with E-state index in [1.807, 2.05) is 26.7 Å². The van der Waals surface area contributed by atoms with Crippen molar-refractivity contribution in [2.45, 2.75) is 53.9 Å². The van der Waals surface area contributed by atoms with Crippen LogP contribution in [0.15, 0.2) is 17.8 Å². The summed E-state index contributed by atoms with van der Waals surface area (Å²) >= 11 is 0. The molecule has 16 heavy (non-hydrogen) atoms. The molecule has 0 saturated heterocycles. The van der Waals surface area contributed by atoms with Gasteiger partial charge in [-0.2, -0.15) is 0 Å². The van der Waals surface area contributed by atoms with Crippen LogP contribution in [0, 0.1) is 5.92 Å². The summed E-state index contributed by atoms with van der Waals surface area (Å²) in [4.78, 5) is 10.4. The van der Waals surface area contributed by atoms with E-state index in [-0.39, 0.29) is 0 Å². The molecule has 2 heteroatoms. The topological polar surface area (TPSA) is 29.1 Å². The SMILES string of the molecule is C=C(NCCC)C(CC)CC(C)=C=O.CC. The molecule has 0 aliphatic rings. The average molecular weight is 225 g/mol. The third kappa shape index (κ3) is 8.31. The van der Waals surface area contributed by atoms with E-state index in [9.17, 15) is 4.79 Å². The van der Waals surface area contributed by atoms with Gasteiger partial charge in [0, 0.05) is 23.7 Å². The van der Waals surface area contributed by atoms with E-state index in [0.717, 1.165) is 37.1 Å². The molecule has 0 bridgehead atoms. The first kappa shape index (κ1) is 17.4. The number of allylic oxidation sites excluding steroid dienone is 2. The molecule has 1 unspecified atom stereocenters. The predicted octanol–water partition coefficient (Wildman–Crippen LogP) is 3.72. The highest BCUT2D eigenvalue weighted by molar-refractivity contribution is 5.51. The monoisotopic (exact) mass is 225 g/mol. The second-order valence-corrected chi connectivity index (χ2v) is 3.64. The van der Waals surface area contributed by atoms with Gasteiger partial charge in [-0.15, -0.1) is 0 Å². The summed E-state index contributed by atoms with van der Waals surface area (Å²) in [6.45, 7) is 15.0. The van der Waals surface area contributed by atoms with Gasteiger partial charge >= 0.3 is 0 Å². The Hall–Kier alpha value is -1.01. The van der Waals surface area contributed by atoms with Gasteiger partial charge < -0.3 is 5.32 Å². The first-order chi connectivity index (χ1) is 7.65. The molecule has 0 rings (SSSR count). The lowest BCUT2D eigenvalue weighted by molar-refractivity contribution is 0.531. The van der Waals surface area contributed by atoms with Gasteiger partial charge in [0.05, 0.1) is 0 Å². The highest BCUT2D eigenvalue weighted by atomic mass is 16.1. The van der Waals surface area contributed by atoms with Crippen LogP contribution in [-0.2, 0) is 4.79 Å². The Kier molecular flexibility index (Phi) is 13.1. The van der Waals surface area contributed by atoms with E-state index in [1.54, 1.807) is 0 Å². The van der Waals surface area contributed by atoms with Crippen LogP contribution in [0.4, 0.5) is 0 Å². The van der Waals surface area contributed by atoms with Gasteiger partial charge in [-0.05, 0) is 26.2 Å². The highest BCUT2D eigenvalue weighted by Gasteiger charge is 2.10. The van der Waals surface area contributed by atoms with Gasteiger partial charge in [-0.1, -0.05) is 34.3 Å². The Balaban J connectivity index is 0. The van der Waals surface area contributed by atoms with Gasteiger partial charge in [-0.25, -0.2) is 4.79 Å². The molecule has 0 fully saturated rings. The zero-order valence-electron chi connectivity index (χ0n) is 11.5. The van der Waals surface area contributed by atoms with Crippen molar-refractivity contribution in [3.63, 3.8) is 0 Å². The van der Waals surface area contributed by atoms with Gasteiger partial charge in [0.25, 0.3) is 0 Å². The van der Waals surface area contributed by atoms with E-state index >= 15 is 0 Å². The van der Waals surface area contributed by atoms with Crippen LogP contribution in [0.3, 0.4) is 0 Å². The van der Waals surface area contributed by atoms with Crippen molar-refractivity contribution in [2.75, 3.05) is 6.54 Å². The Bertz CT molecular complexity index is 227. The Morgan fingerprint density at radius 1 is 1.38 bits per heavy atom. The maximum Gasteiger partial charge on any atom is 0.123 e. The van der Waals surface area contributed by atoms with E-state index in [1.165, 1.54) is 0 Å². The van der Waals surface area contributed by atoms with Crippen molar-refractivity contribution in [1.82, 2.24) is 5.32 Å². The molecule has 0 saturated carbocycles. The molecule has 0 radical (unpaired) electrons. The lowest BCUT2D eigenvalue weighted by atomic mass is 9.95. The van der Waals surface area contributed by atoms with Crippen molar-refractivity contribution in [3.8, 4) is 0 Å². The quantitative estimate of drug-likeness (QED) is 0.669. The summed E-state index contributed by atoms with van der Waals surface area (Å²) in [5.41, 5.74) is 1.82. The lowest BCUT2D eigenvalue weighted by Crippen LogP contribution is -2.20. The number of carbonyl (C=O) groups excluding carboxylic acids is 1. The molecule has 0 aromatic carbocycles. The standard InChI is InChI=1S/C12H21NO.C2H6/c1-5-7-13-11(4)12(6-2)8-10(3)9-14;1-2/h12-13H,4-8H2,1-3H3;1-2H3.